The predicted molar refractivity (Wildman–Crippen MR) is 53.2 cm³/mol. The highest BCUT2D eigenvalue weighted by atomic mass is 16.4. The molecule has 0 aliphatic carbocycles. The quantitative estimate of drug-likeness (QED) is 0.608. The van der Waals surface area contributed by atoms with Crippen LogP contribution in [0.25, 0.3) is 6.08 Å². The first-order chi connectivity index (χ1) is 5.29. The Morgan fingerprint density at radius 2 is 1.69 bits per heavy atom. The van der Waals surface area contributed by atoms with Crippen molar-refractivity contribution < 1.29 is 9.90 Å². The SMILES string of the molecule is N.N.O=C(O)C=Cc1ccccc1. The molecule has 0 fully saturated rings. The number of carboxylic acid groups (broad SMARTS) is 1. The minimum atomic E-state index is -0.922. The number of carboxylic acids is 1. The second-order valence-electron chi connectivity index (χ2n) is 2.08. The fourth-order valence-corrected chi connectivity index (χ4v) is 0.732. The first-order valence-electron chi connectivity index (χ1n) is 3.25. The molecular weight excluding hydrogens is 168 g/mol. The largest absolute Gasteiger partial charge is 0.478 e. The van der Waals surface area contributed by atoms with E-state index in [1.807, 2.05) is 30.3 Å². The molecule has 4 heteroatoms. The summed E-state index contributed by atoms with van der Waals surface area (Å²) in [4.78, 5) is 10.1. The Bertz CT molecular complexity index is 270. The Labute approximate surface area is 77.1 Å². The van der Waals surface area contributed by atoms with Crippen LogP contribution in [0.15, 0.2) is 36.4 Å². The maximum absolute atomic E-state index is 10.1. The lowest BCUT2D eigenvalue weighted by molar-refractivity contribution is -0.131. The Morgan fingerprint density at radius 1 is 1.15 bits per heavy atom. The maximum atomic E-state index is 10.1. The lowest BCUT2D eigenvalue weighted by Gasteiger charge is -1.87. The van der Waals surface area contributed by atoms with Crippen molar-refractivity contribution in [3.05, 3.63) is 42.0 Å². The summed E-state index contributed by atoms with van der Waals surface area (Å²) >= 11 is 0. The van der Waals surface area contributed by atoms with Crippen LogP contribution < -0.4 is 12.3 Å². The first-order valence-corrected chi connectivity index (χ1v) is 3.25. The fraction of sp³-hybridized carbons (Fsp3) is 0. The zero-order chi connectivity index (χ0) is 8.10. The van der Waals surface area contributed by atoms with E-state index in [0.717, 1.165) is 11.6 Å². The van der Waals surface area contributed by atoms with Gasteiger partial charge in [-0.2, -0.15) is 0 Å². The average Bonchev–Trinajstić information content (AvgIpc) is 2.03. The monoisotopic (exact) mass is 182 g/mol. The van der Waals surface area contributed by atoms with E-state index in [2.05, 4.69) is 0 Å². The number of hydrogen-bond donors (Lipinski definition) is 3. The van der Waals surface area contributed by atoms with Crippen molar-refractivity contribution in [2.45, 2.75) is 0 Å². The van der Waals surface area contributed by atoms with Gasteiger partial charge in [-0.05, 0) is 11.6 Å². The highest BCUT2D eigenvalue weighted by Gasteiger charge is 1.85. The smallest absolute Gasteiger partial charge is 0.328 e. The fourth-order valence-electron chi connectivity index (χ4n) is 0.732. The van der Waals surface area contributed by atoms with E-state index in [1.165, 1.54) is 0 Å². The van der Waals surface area contributed by atoms with Crippen LogP contribution in [0.4, 0.5) is 0 Å². The van der Waals surface area contributed by atoms with E-state index in [0.29, 0.717) is 0 Å². The van der Waals surface area contributed by atoms with Gasteiger partial charge in [-0.25, -0.2) is 4.79 Å². The van der Waals surface area contributed by atoms with Gasteiger partial charge in [0, 0.05) is 6.08 Å². The van der Waals surface area contributed by atoms with Crippen LogP contribution in [0.2, 0.25) is 0 Å². The molecule has 0 bridgehead atoms. The van der Waals surface area contributed by atoms with Crippen molar-refractivity contribution in [2.75, 3.05) is 0 Å². The third kappa shape index (κ3) is 5.60. The van der Waals surface area contributed by atoms with Gasteiger partial charge in [0.15, 0.2) is 0 Å². The molecule has 0 spiro atoms. The molecule has 0 aliphatic rings. The van der Waals surface area contributed by atoms with Crippen molar-refractivity contribution in [3.8, 4) is 0 Å². The molecule has 0 aliphatic heterocycles. The molecule has 0 radical (unpaired) electrons. The van der Waals surface area contributed by atoms with Gasteiger partial charge in [0.2, 0.25) is 0 Å². The Kier molecular flexibility index (Phi) is 7.51. The third-order valence-corrected chi connectivity index (χ3v) is 1.22. The number of hydrogen-bond acceptors (Lipinski definition) is 3. The number of aliphatic carboxylic acids is 1. The lowest BCUT2D eigenvalue weighted by Crippen LogP contribution is -1.85. The second-order valence-corrected chi connectivity index (χ2v) is 2.08. The van der Waals surface area contributed by atoms with Crippen LogP contribution in [0.3, 0.4) is 0 Å². The van der Waals surface area contributed by atoms with Gasteiger partial charge in [0.05, 0.1) is 0 Å². The van der Waals surface area contributed by atoms with Crippen LogP contribution in [-0.2, 0) is 4.79 Å². The molecule has 0 saturated heterocycles. The molecule has 0 heterocycles. The van der Waals surface area contributed by atoms with E-state index in [1.54, 1.807) is 6.08 Å². The summed E-state index contributed by atoms with van der Waals surface area (Å²) in [7, 11) is 0. The number of carbonyl (C=O) groups is 1. The van der Waals surface area contributed by atoms with Gasteiger partial charge < -0.3 is 17.4 Å². The molecular formula is C9H14N2O2. The van der Waals surface area contributed by atoms with E-state index in [-0.39, 0.29) is 12.3 Å². The first kappa shape index (κ1) is 13.9. The topological polar surface area (TPSA) is 107 Å². The lowest BCUT2D eigenvalue weighted by atomic mass is 10.2. The molecule has 72 valence electrons. The Hall–Kier alpha value is -1.65. The minimum absolute atomic E-state index is 0. The van der Waals surface area contributed by atoms with Crippen LogP contribution in [0.5, 0.6) is 0 Å². The highest BCUT2D eigenvalue weighted by Crippen LogP contribution is 1.99. The summed E-state index contributed by atoms with van der Waals surface area (Å²) in [6.07, 6.45) is 2.68. The molecule has 0 amide bonds. The summed E-state index contributed by atoms with van der Waals surface area (Å²) in [6, 6.07) is 9.31. The average molecular weight is 182 g/mol. The van der Waals surface area contributed by atoms with Gasteiger partial charge in [-0.3, -0.25) is 0 Å². The molecule has 0 saturated carbocycles. The highest BCUT2D eigenvalue weighted by molar-refractivity contribution is 5.85. The van der Waals surface area contributed by atoms with Crippen LogP contribution in [0.1, 0.15) is 5.56 Å². The summed E-state index contributed by atoms with van der Waals surface area (Å²) in [5, 5.41) is 8.29. The van der Waals surface area contributed by atoms with Gasteiger partial charge in [-0.1, -0.05) is 30.3 Å². The molecule has 13 heavy (non-hydrogen) atoms. The molecule has 0 unspecified atom stereocenters. The maximum Gasteiger partial charge on any atom is 0.328 e. The van der Waals surface area contributed by atoms with Gasteiger partial charge in [0.25, 0.3) is 0 Å². The molecule has 0 atom stereocenters. The zero-order valence-electron chi connectivity index (χ0n) is 7.31. The van der Waals surface area contributed by atoms with Crippen molar-refractivity contribution in [1.82, 2.24) is 12.3 Å². The van der Waals surface area contributed by atoms with Gasteiger partial charge >= 0.3 is 5.97 Å². The van der Waals surface area contributed by atoms with Crippen LogP contribution in [0, 0.1) is 0 Å². The zero-order valence-corrected chi connectivity index (χ0v) is 7.31. The van der Waals surface area contributed by atoms with E-state index < -0.39 is 5.97 Å². The number of benzene rings is 1. The predicted octanol–water partition coefficient (Wildman–Crippen LogP) is 2.11. The Balaban J connectivity index is 0. The van der Waals surface area contributed by atoms with E-state index in [9.17, 15) is 4.79 Å². The molecule has 1 aromatic carbocycles. The van der Waals surface area contributed by atoms with Crippen LogP contribution >= 0.6 is 0 Å². The normalized spacial score (nSPS) is 8.62. The van der Waals surface area contributed by atoms with Crippen molar-refractivity contribution in [3.63, 3.8) is 0 Å². The van der Waals surface area contributed by atoms with E-state index in [4.69, 9.17) is 5.11 Å². The molecule has 7 N–H and O–H groups in total. The van der Waals surface area contributed by atoms with Crippen molar-refractivity contribution in [1.29, 1.82) is 0 Å². The Morgan fingerprint density at radius 3 is 2.15 bits per heavy atom. The van der Waals surface area contributed by atoms with Gasteiger partial charge in [-0.15, -0.1) is 0 Å². The van der Waals surface area contributed by atoms with Crippen molar-refractivity contribution >= 4 is 12.0 Å². The minimum Gasteiger partial charge on any atom is -0.478 e. The summed E-state index contributed by atoms with van der Waals surface area (Å²) in [5.74, 6) is -0.922. The summed E-state index contributed by atoms with van der Waals surface area (Å²) in [6.45, 7) is 0. The standard InChI is InChI=1S/C9H8O2.2H3N/c10-9(11)7-6-8-4-2-1-3-5-8;;/h1-7H,(H,10,11);2*1H3. The van der Waals surface area contributed by atoms with E-state index >= 15 is 0 Å². The number of rotatable bonds is 2. The molecule has 0 aromatic heterocycles. The third-order valence-electron chi connectivity index (χ3n) is 1.22. The van der Waals surface area contributed by atoms with Crippen molar-refractivity contribution in [2.24, 2.45) is 0 Å². The molecule has 1 aromatic rings. The summed E-state index contributed by atoms with van der Waals surface area (Å²) < 4.78 is 0. The summed E-state index contributed by atoms with van der Waals surface area (Å²) in [5.41, 5.74) is 0.898. The van der Waals surface area contributed by atoms with Crippen LogP contribution in [-0.4, -0.2) is 11.1 Å². The molecule has 4 nitrogen and oxygen atoms in total. The van der Waals surface area contributed by atoms with Gasteiger partial charge in [0.1, 0.15) is 0 Å². The second kappa shape index (κ2) is 7.02. The molecule has 1 rings (SSSR count).